The molecular formula is C22H17NO5S. The molecular weight excluding hydrogens is 390 g/mol. The Bertz CT molecular complexity index is 1180. The Morgan fingerprint density at radius 1 is 1.21 bits per heavy atom. The summed E-state index contributed by atoms with van der Waals surface area (Å²) in [5, 5.41) is 12.5. The van der Waals surface area contributed by atoms with E-state index in [9.17, 15) is 14.7 Å². The number of hydrogen-bond acceptors (Lipinski definition) is 7. The highest BCUT2D eigenvalue weighted by atomic mass is 32.1. The number of aryl methyl sites for hydroxylation is 1. The van der Waals surface area contributed by atoms with Crippen molar-refractivity contribution in [3.8, 4) is 11.3 Å². The van der Waals surface area contributed by atoms with Gasteiger partial charge < -0.3 is 14.3 Å². The van der Waals surface area contributed by atoms with Crippen molar-refractivity contribution in [2.75, 3.05) is 6.61 Å². The van der Waals surface area contributed by atoms with E-state index < -0.39 is 5.97 Å². The summed E-state index contributed by atoms with van der Waals surface area (Å²) in [6.45, 7) is 3.76. The molecule has 0 unspecified atom stereocenters. The first-order valence-corrected chi connectivity index (χ1v) is 9.86. The lowest BCUT2D eigenvalue weighted by Gasteiger charge is -2.03. The van der Waals surface area contributed by atoms with E-state index in [1.807, 2.05) is 13.0 Å². The number of fused-ring (bicyclic) bond motifs is 1. The molecule has 1 aliphatic rings. The van der Waals surface area contributed by atoms with Crippen LogP contribution in [0, 0.1) is 6.92 Å². The van der Waals surface area contributed by atoms with Gasteiger partial charge in [0.2, 0.25) is 0 Å². The van der Waals surface area contributed by atoms with E-state index >= 15 is 0 Å². The highest BCUT2D eigenvalue weighted by Gasteiger charge is 2.29. The van der Waals surface area contributed by atoms with Crippen molar-refractivity contribution < 1.29 is 23.8 Å². The van der Waals surface area contributed by atoms with Crippen LogP contribution in [0.4, 0.5) is 5.00 Å². The number of hydrogen-bond donors (Lipinski definition) is 1. The number of esters is 1. The molecule has 0 radical (unpaired) electrons. The second kappa shape index (κ2) is 7.52. The standard InChI is InChI=1S/C22H17NO5S/c1-3-27-22(26)18-16(17-9-8-12(2)28-17)11-29-21(18)23-10-15-19(24)13-6-4-5-7-14(13)20(15)25/h4-11,24H,3H2,1-2H3/b23-10+. The summed E-state index contributed by atoms with van der Waals surface area (Å²) >= 11 is 1.23. The largest absolute Gasteiger partial charge is 0.506 e. The van der Waals surface area contributed by atoms with Crippen molar-refractivity contribution in [2.24, 2.45) is 4.99 Å². The smallest absolute Gasteiger partial charge is 0.341 e. The van der Waals surface area contributed by atoms with Gasteiger partial charge in [0.25, 0.3) is 0 Å². The number of rotatable bonds is 5. The van der Waals surface area contributed by atoms with E-state index in [-0.39, 0.29) is 29.3 Å². The molecule has 146 valence electrons. The number of aliphatic imine (C=N–C) groups is 1. The average Bonchev–Trinajstić information content (AvgIpc) is 3.39. The van der Waals surface area contributed by atoms with Gasteiger partial charge in [-0.15, -0.1) is 11.3 Å². The monoisotopic (exact) mass is 407 g/mol. The number of Topliss-reactive ketones (excluding diaryl/α,β-unsaturated/α-hetero) is 1. The van der Waals surface area contributed by atoms with Crippen LogP contribution in [0.2, 0.25) is 0 Å². The molecule has 7 heteroatoms. The van der Waals surface area contributed by atoms with Crippen molar-refractivity contribution in [1.29, 1.82) is 0 Å². The van der Waals surface area contributed by atoms with Crippen LogP contribution in [-0.4, -0.2) is 29.7 Å². The molecule has 0 aliphatic heterocycles. The van der Waals surface area contributed by atoms with Crippen LogP contribution in [0.15, 0.2) is 56.8 Å². The van der Waals surface area contributed by atoms with Gasteiger partial charge in [0.15, 0.2) is 5.78 Å². The second-order valence-electron chi connectivity index (χ2n) is 6.36. The van der Waals surface area contributed by atoms with Gasteiger partial charge in [-0.1, -0.05) is 24.3 Å². The van der Waals surface area contributed by atoms with Gasteiger partial charge in [-0.05, 0) is 26.0 Å². The summed E-state index contributed by atoms with van der Waals surface area (Å²) in [6, 6.07) is 10.4. The molecule has 1 aliphatic carbocycles. The lowest BCUT2D eigenvalue weighted by molar-refractivity contribution is 0.0528. The second-order valence-corrected chi connectivity index (χ2v) is 7.21. The third-order valence-corrected chi connectivity index (χ3v) is 5.38. The fourth-order valence-electron chi connectivity index (χ4n) is 3.13. The number of ketones is 1. The van der Waals surface area contributed by atoms with Crippen LogP contribution in [0.3, 0.4) is 0 Å². The molecule has 3 aromatic rings. The normalized spacial score (nSPS) is 13.4. The lowest BCUT2D eigenvalue weighted by Crippen LogP contribution is -2.05. The number of nitrogens with zero attached hydrogens (tertiary/aromatic N) is 1. The minimum atomic E-state index is -0.524. The molecule has 0 atom stereocenters. The zero-order valence-electron chi connectivity index (χ0n) is 15.8. The quantitative estimate of drug-likeness (QED) is 0.454. The Labute approximate surface area is 170 Å². The van der Waals surface area contributed by atoms with Crippen LogP contribution in [0.25, 0.3) is 17.1 Å². The molecule has 29 heavy (non-hydrogen) atoms. The van der Waals surface area contributed by atoms with Crippen molar-refractivity contribution in [3.05, 3.63) is 69.8 Å². The Morgan fingerprint density at radius 3 is 2.62 bits per heavy atom. The van der Waals surface area contributed by atoms with E-state index in [0.717, 1.165) is 5.76 Å². The number of aliphatic hydroxyl groups excluding tert-OH is 1. The number of carbonyl (C=O) groups excluding carboxylic acids is 2. The number of allylic oxidation sites excluding steroid dienone is 1. The lowest BCUT2D eigenvalue weighted by atomic mass is 10.1. The number of aliphatic hydroxyl groups is 1. The maximum absolute atomic E-state index is 12.6. The van der Waals surface area contributed by atoms with E-state index in [2.05, 4.69) is 4.99 Å². The summed E-state index contributed by atoms with van der Waals surface area (Å²) in [5.41, 5.74) is 1.83. The van der Waals surface area contributed by atoms with Crippen molar-refractivity contribution in [2.45, 2.75) is 13.8 Å². The third-order valence-electron chi connectivity index (χ3n) is 4.49. The molecule has 0 spiro atoms. The molecule has 0 saturated heterocycles. The molecule has 0 fully saturated rings. The van der Waals surface area contributed by atoms with Crippen LogP contribution in [0.1, 0.15) is 39.0 Å². The average molecular weight is 407 g/mol. The summed E-state index contributed by atoms with van der Waals surface area (Å²) in [7, 11) is 0. The van der Waals surface area contributed by atoms with Gasteiger partial charge in [0.1, 0.15) is 27.8 Å². The number of thiophene rings is 1. The summed E-state index contributed by atoms with van der Waals surface area (Å²) in [4.78, 5) is 29.5. The fourth-order valence-corrected chi connectivity index (χ4v) is 4.02. The van der Waals surface area contributed by atoms with Gasteiger partial charge in [-0.2, -0.15) is 0 Å². The van der Waals surface area contributed by atoms with Crippen LogP contribution in [0.5, 0.6) is 0 Å². The topological polar surface area (TPSA) is 89.1 Å². The van der Waals surface area contributed by atoms with Gasteiger partial charge in [0.05, 0.1) is 12.2 Å². The number of carbonyl (C=O) groups is 2. The third kappa shape index (κ3) is 3.30. The first kappa shape index (κ1) is 18.9. The minimum absolute atomic E-state index is 0.0878. The minimum Gasteiger partial charge on any atom is -0.506 e. The van der Waals surface area contributed by atoms with E-state index in [4.69, 9.17) is 9.15 Å². The van der Waals surface area contributed by atoms with Crippen molar-refractivity contribution >= 4 is 40.1 Å². The first-order chi connectivity index (χ1) is 14.0. The van der Waals surface area contributed by atoms with Crippen LogP contribution in [-0.2, 0) is 4.74 Å². The van der Waals surface area contributed by atoms with E-state index in [1.165, 1.54) is 17.6 Å². The Kier molecular flexibility index (Phi) is 4.90. The molecule has 2 heterocycles. The van der Waals surface area contributed by atoms with Gasteiger partial charge in [-0.3, -0.25) is 4.79 Å². The molecule has 1 N–H and O–H groups in total. The van der Waals surface area contributed by atoms with Gasteiger partial charge in [0, 0.05) is 28.3 Å². The predicted octanol–water partition coefficient (Wildman–Crippen LogP) is 5.36. The van der Waals surface area contributed by atoms with Crippen molar-refractivity contribution in [3.63, 3.8) is 0 Å². The molecule has 4 rings (SSSR count). The number of ether oxygens (including phenoxy) is 1. The summed E-state index contributed by atoms with van der Waals surface area (Å²) in [6.07, 6.45) is 1.30. The number of benzene rings is 1. The SMILES string of the molecule is CCOC(=O)c1c(-c2ccc(C)o2)csc1/N=C/C1=C(O)c2ccccc2C1=O. The van der Waals surface area contributed by atoms with E-state index in [0.29, 0.717) is 27.5 Å². The molecule has 1 aromatic carbocycles. The Balaban J connectivity index is 1.74. The molecule has 2 aromatic heterocycles. The van der Waals surface area contributed by atoms with Gasteiger partial charge in [-0.25, -0.2) is 9.79 Å². The highest BCUT2D eigenvalue weighted by molar-refractivity contribution is 7.14. The molecule has 0 saturated carbocycles. The fraction of sp³-hybridized carbons (Fsp3) is 0.136. The predicted molar refractivity (Wildman–Crippen MR) is 111 cm³/mol. The molecule has 0 amide bonds. The van der Waals surface area contributed by atoms with E-state index in [1.54, 1.807) is 42.6 Å². The summed E-state index contributed by atoms with van der Waals surface area (Å²) in [5.74, 6) is 0.303. The molecule has 0 bridgehead atoms. The molecule has 6 nitrogen and oxygen atoms in total. The maximum Gasteiger partial charge on any atom is 0.341 e. The number of furan rings is 1. The Hall–Kier alpha value is -3.45. The van der Waals surface area contributed by atoms with Crippen molar-refractivity contribution in [1.82, 2.24) is 0 Å². The highest BCUT2D eigenvalue weighted by Crippen LogP contribution is 2.39. The van der Waals surface area contributed by atoms with Gasteiger partial charge >= 0.3 is 5.97 Å². The maximum atomic E-state index is 12.6. The van der Waals surface area contributed by atoms with Crippen LogP contribution < -0.4 is 0 Å². The zero-order chi connectivity index (χ0) is 20.5. The first-order valence-electron chi connectivity index (χ1n) is 8.98. The Morgan fingerprint density at radius 2 is 1.97 bits per heavy atom. The van der Waals surface area contributed by atoms with Crippen LogP contribution >= 0.6 is 11.3 Å². The summed E-state index contributed by atoms with van der Waals surface area (Å²) < 4.78 is 10.8. The zero-order valence-corrected chi connectivity index (χ0v) is 16.6.